The van der Waals surface area contributed by atoms with Crippen LogP contribution in [0, 0.1) is 0 Å². The molecule has 2 aliphatic heterocycles. The molecule has 1 aromatic carbocycles. The van der Waals surface area contributed by atoms with Crippen molar-refractivity contribution in [2.24, 2.45) is 5.73 Å². The Hall–Kier alpha value is -2.21. The first-order valence-corrected chi connectivity index (χ1v) is 7.07. The van der Waals surface area contributed by atoms with E-state index < -0.39 is 6.04 Å². The zero-order valence-electron chi connectivity index (χ0n) is 11.6. The van der Waals surface area contributed by atoms with Gasteiger partial charge in [-0.15, -0.1) is 0 Å². The van der Waals surface area contributed by atoms with Gasteiger partial charge in [0.15, 0.2) is 0 Å². The monoisotopic (exact) mass is 287 g/mol. The van der Waals surface area contributed by atoms with Gasteiger partial charge in [0.1, 0.15) is 6.04 Å². The van der Waals surface area contributed by atoms with Crippen LogP contribution >= 0.6 is 0 Å². The van der Waals surface area contributed by atoms with Gasteiger partial charge in [-0.25, -0.2) is 0 Å². The Morgan fingerprint density at radius 1 is 1.29 bits per heavy atom. The molecule has 21 heavy (non-hydrogen) atoms. The molecule has 6 heteroatoms. The third-order valence-electron chi connectivity index (χ3n) is 4.14. The van der Waals surface area contributed by atoms with Gasteiger partial charge in [0.05, 0.1) is 0 Å². The SMILES string of the molecule is NCc1cccc2c1CN([C@H]1CCCC(=O)NC1=O)C2=O. The number of nitrogens with zero attached hydrogens (tertiary/aromatic N) is 1. The van der Waals surface area contributed by atoms with E-state index in [1.165, 1.54) is 0 Å². The van der Waals surface area contributed by atoms with Gasteiger partial charge in [-0.3, -0.25) is 19.7 Å². The number of hydrogen-bond acceptors (Lipinski definition) is 4. The van der Waals surface area contributed by atoms with Crippen molar-refractivity contribution in [2.75, 3.05) is 0 Å². The van der Waals surface area contributed by atoms with Crippen molar-refractivity contribution in [1.29, 1.82) is 0 Å². The zero-order chi connectivity index (χ0) is 15.0. The molecule has 1 saturated heterocycles. The van der Waals surface area contributed by atoms with Gasteiger partial charge < -0.3 is 10.6 Å². The van der Waals surface area contributed by atoms with Crippen LogP contribution in [-0.2, 0) is 22.7 Å². The van der Waals surface area contributed by atoms with E-state index in [1.54, 1.807) is 17.0 Å². The summed E-state index contributed by atoms with van der Waals surface area (Å²) in [6, 6.07) is 4.88. The molecule has 2 aliphatic rings. The fraction of sp³-hybridized carbons (Fsp3) is 0.400. The second-order valence-electron chi connectivity index (χ2n) is 5.40. The van der Waals surface area contributed by atoms with Crippen LogP contribution in [0.4, 0.5) is 0 Å². The lowest BCUT2D eigenvalue weighted by molar-refractivity contribution is -0.132. The van der Waals surface area contributed by atoms with Gasteiger partial charge in [-0.1, -0.05) is 12.1 Å². The Balaban J connectivity index is 1.90. The van der Waals surface area contributed by atoms with E-state index in [0.717, 1.165) is 11.1 Å². The van der Waals surface area contributed by atoms with E-state index in [-0.39, 0.29) is 17.7 Å². The molecule has 0 aromatic heterocycles. The first-order valence-electron chi connectivity index (χ1n) is 7.07. The molecule has 1 fully saturated rings. The van der Waals surface area contributed by atoms with Gasteiger partial charge in [-0.2, -0.15) is 0 Å². The zero-order valence-corrected chi connectivity index (χ0v) is 11.6. The third kappa shape index (κ3) is 2.31. The van der Waals surface area contributed by atoms with E-state index >= 15 is 0 Å². The normalized spacial score (nSPS) is 22.0. The number of imide groups is 1. The van der Waals surface area contributed by atoms with Crippen LogP contribution < -0.4 is 11.1 Å². The van der Waals surface area contributed by atoms with Crippen molar-refractivity contribution in [3.8, 4) is 0 Å². The van der Waals surface area contributed by atoms with Gasteiger partial charge >= 0.3 is 0 Å². The fourth-order valence-corrected chi connectivity index (χ4v) is 3.03. The maximum absolute atomic E-state index is 12.5. The molecule has 2 heterocycles. The largest absolute Gasteiger partial charge is 0.326 e. The van der Waals surface area contributed by atoms with Crippen molar-refractivity contribution in [2.45, 2.75) is 38.4 Å². The standard InChI is InChI=1S/C15H17N3O3/c16-7-9-3-1-4-10-11(9)8-18(15(10)21)12-5-2-6-13(19)17-14(12)20/h1,3-4,12H,2,5-8,16H2,(H,17,19,20)/t12-/m0/s1. The Bertz CT molecular complexity index is 627. The van der Waals surface area contributed by atoms with Crippen LogP contribution in [0.5, 0.6) is 0 Å². The number of rotatable bonds is 2. The highest BCUT2D eigenvalue weighted by atomic mass is 16.2. The summed E-state index contributed by atoms with van der Waals surface area (Å²) in [7, 11) is 0. The lowest BCUT2D eigenvalue weighted by Crippen LogP contribution is -2.46. The lowest BCUT2D eigenvalue weighted by atomic mass is 10.0. The first kappa shape index (κ1) is 13.8. The molecule has 0 aliphatic carbocycles. The number of fused-ring (bicyclic) bond motifs is 1. The molecule has 3 amide bonds. The predicted molar refractivity (Wildman–Crippen MR) is 75.0 cm³/mol. The number of hydrogen-bond donors (Lipinski definition) is 2. The maximum atomic E-state index is 12.5. The van der Waals surface area contributed by atoms with E-state index in [2.05, 4.69) is 5.32 Å². The summed E-state index contributed by atoms with van der Waals surface area (Å²) < 4.78 is 0. The minimum Gasteiger partial charge on any atom is -0.326 e. The van der Waals surface area contributed by atoms with Crippen molar-refractivity contribution in [3.63, 3.8) is 0 Å². The van der Waals surface area contributed by atoms with E-state index in [1.807, 2.05) is 6.07 Å². The van der Waals surface area contributed by atoms with Gasteiger partial charge in [0, 0.05) is 25.1 Å². The maximum Gasteiger partial charge on any atom is 0.255 e. The minimum atomic E-state index is -0.582. The minimum absolute atomic E-state index is 0.158. The van der Waals surface area contributed by atoms with Gasteiger partial charge in [0.2, 0.25) is 11.8 Å². The summed E-state index contributed by atoms with van der Waals surface area (Å²) in [5.41, 5.74) is 8.14. The Labute approximate surface area is 122 Å². The van der Waals surface area contributed by atoms with E-state index in [9.17, 15) is 14.4 Å². The molecule has 1 aromatic rings. The summed E-state index contributed by atoms with van der Waals surface area (Å²) in [5.74, 6) is -0.808. The van der Waals surface area contributed by atoms with Crippen LogP contribution in [-0.4, -0.2) is 28.7 Å². The van der Waals surface area contributed by atoms with Crippen LogP contribution in [0.15, 0.2) is 18.2 Å². The highest BCUT2D eigenvalue weighted by molar-refractivity contribution is 6.04. The van der Waals surface area contributed by atoms with Crippen molar-refractivity contribution in [1.82, 2.24) is 10.2 Å². The van der Waals surface area contributed by atoms with Crippen molar-refractivity contribution < 1.29 is 14.4 Å². The average molecular weight is 287 g/mol. The predicted octanol–water partition coefficient (Wildman–Crippen LogP) is 0.296. The van der Waals surface area contributed by atoms with Gasteiger partial charge in [-0.05, 0) is 30.0 Å². The Morgan fingerprint density at radius 2 is 2.10 bits per heavy atom. The number of carbonyl (C=O) groups is 3. The number of nitrogens with two attached hydrogens (primary N) is 1. The molecule has 3 rings (SSSR count). The average Bonchev–Trinajstić information content (AvgIpc) is 2.70. The van der Waals surface area contributed by atoms with Crippen molar-refractivity contribution in [3.05, 3.63) is 34.9 Å². The molecular formula is C15H17N3O3. The Kier molecular flexibility index (Phi) is 3.47. The summed E-state index contributed by atoms with van der Waals surface area (Å²) in [4.78, 5) is 37.6. The van der Waals surface area contributed by atoms with Gasteiger partial charge in [0.25, 0.3) is 5.91 Å². The summed E-state index contributed by atoms with van der Waals surface area (Å²) >= 11 is 0. The summed E-state index contributed by atoms with van der Waals surface area (Å²) in [6.07, 6.45) is 1.44. The summed E-state index contributed by atoms with van der Waals surface area (Å²) in [5, 5.41) is 2.35. The highest BCUT2D eigenvalue weighted by Crippen LogP contribution is 2.29. The molecule has 110 valence electrons. The van der Waals surface area contributed by atoms with Crippen LogP contribution in [0.1, 0.15) is 40.7 Å². The van der Waals surface area contributed by atoms with Crippen molar-refractivity contribution >= 4 is 17.7 Å². The fourth-order valence-electron chi connectivity index (χ4n) is 3.03. The molecule has 1 atom stereocenters. The topological polar surface area (TPSA) is 92.5 Å². The summed E-state index contributed by atoms with van der Waals surface area (Å²) in [6.45, 7) is 0.744. The molecule has 6 nitrogen and oxygen atoms in total. The quantitative estimate of drug-likeness (QED) is 0.765. The number of nitrogens with one attached hydrogen (secondary N) is 1. The molecule has 0 radical (unpaired) electrons. The number of benzene rings is 1. The molecule has 0 unspecified atom stereocenters. The number of amides is 3. The molecule has 0 spiro atoms. The van der Waals surface area contributed by atoms with Crippen LogP contribution in [0.25, 0.3) is 0 Å². The smallest absolute Gasteiger partial charge is 0.255 e. The second kappa shape index (κ2) is 5.29. The van der Waals surface area contributed by atoms with E-state index in [0.29, 0.717) is 37.9 Å². The second-order valence-corrected chi connectivity index (χ2v) is 5.40. The number of carbonyl (C=O) groups excluding carboxylic acids is 3. The molecule has 0 saturated carbocycles. The first-order chi connectivity index (χ1) is 10.1. The molecular weight excluding hydrogens is 270 g/mol. The molecule has 0 bridgehead atoms. The van der Waals surface area contributed by atoms with E-state index in [4.69, 9.17) is 5.73 Å². The van der Waals surface area contributed by atoms with Crippen LogP contribution in [0.3, 0.4) is 0 Å². The lowest BCUT2D eigenvalue weighted by Gasteiger charge is -2.24. The highest BCUT2D eigenvalue weighted by Gasteiger charge is 2.38. The van der Waals surface area contributed by atoms with Crippen LogP contribution in [0.2, 0.25) is 0 Å². The molecule has 3 N–H and O–H groups in total. The Morgan fingerprint density at radius 3 is 2.86 bits per heavy atom. The third-order valence-corrected chi connectivity index (χ3v) is 4.14.